The summed E-state index contributed by atoms with van der Waals surface area (Å²) in [5.41, 5.74) is 4.17. The predicted molar refractivity (Wildman–Crippen MR) is 103 cm³/mol. The average Bonchev–Trinajstić information content (AvgIpc) is 3.11. The number of carbonyl (C=O) groups excluding carboxylic acids is 1. The molecule has 5 heteroatoms. The molecule has 0 bridgehead atoms. The molecule has 27 heavy (non-hydrogen) atoms. The summed E-state index contributed by atoms with van der Waals surface area (Å²) in [5, 5.41) is 8.56. The number of esters is 1. The van der Waals surface area contributed by atoms with Gasteiger partial charge in [-0.25, -0.2) is 9.48 Å². The van der Waals surface area contributed by atoms with Gasteiger partial charge in [0, 0.05) is 5.56 Å². The molecule has 4 rings (SSSR count). The topological polar surface area (TPSA) is 57.0 Å². The Morgan fingerprint density at radius 3 is 2.15 bits per heavy atom. The molecule has 0 aliphatic rings. The smallest absolute Gasteiger partial charge is 0.343 e. The van der Waals surface area contributed by atoms with Crippen molar-refractivity contribution in [1.29, 1.82) is 0 Å². The second-order valence-electron chi connectivity index (χ2n) is 6.05. The van der Waals surface area contributed by atoms with Crippen LogP contribution in [0.25, 0.3) is 16.9 Å². The lowest BCUT2D eigenvalue weighted by Gasteiger charge is -2.07. The lowest BCUT2D eigenvalue weighted by molar-refractivity contribution is 0.0735. The summed E-state index contributed by atoms with van der Waals surface area (Å²) in [6.07, 6.45) is 0. The van der Waals surface area contributed by atoms with Crippen LogP contribution in [0.15, 0.2) is 84.9 Å². The van der Waals surface area contributed by atoms with Gasteiger partial charge in [0.2, 0.25) is 0 Å². The van der Waals surface area contributed by atoms with Crippen LogP contribution in [-0.4, -0.2) is 21.0 Å². The van der Waals surface area contributed by atoms with Gasteiger partial charge in [0.15, 0.2) is 0 Å². The van der Waals surface area contributed by atoms with Gasteiger partial charge in [0.1, 0.15) is 11.4 Å². The second kappa shape index (κ2) is 7.25. The normalized spacial score (nSPS) is 10.6. The number of hydrogen-bond donors (Lipinski definition) is 0. The predicted octanol–water partition coefficient (Wildman–Crippen LogP) is 4.46. The van der Waals surface area contributed by atoms with Crippen LogP contribution in [0.4, 0.5) is 0 Å². The SMILES string of the molecule is Cc1c(-c2ccccc2)nnn1-c1ccc(OC(=O)c2ccccc2)cc1. The van der Waals surface area contributed by atoms with Crippen LogP contribution in [-0.2, 0) is 0 Å². The van der Waals surface area contributed by atoms with Crippen LogP contribution in [0.5, 0.6) is 5.75 Å². The van der Waals surface area contributed by atoms with Crippen molar-refractivity contribution < 1.29 is 9.53 Å². The van der Waals surface area contributed by atoms with E-state index in [1.165, 1.54) is 0 Å². The Kier molecular flexibility index (Phi) is 4.49. The maximum atomic E-state index is 12.1. The van der Waals surface area contributed by atoms with Crippen molar-refractivity contribution in [3.05, 3.63) is 96.2 Å². The number of hydrogen-bond acceptors (Lipinski definition) is 4. The Morgan fingerprint density at radius 2 is 1.48 bits per heavy atom. The maximum Gasteiger partial charge on any atom is 0.343 e. The summed E-state index contributed by atoms with van der Waals surface area (Å²) in [4.78, 5) is 12.1. The molecule has 0 radical (unpaired) electrons. The summed E-state index contributed by atoms with van der Waals surface area (Å²) in [5.74, 6) is 0.0975. The van der Waals surface area contributed by atoms with Gasteiger partial charge in [-0.3, -0.25) is 0 Å². The molecule has 0 saturated carbocycles. The molecule has 132 valence electrons. The van der Waals surface area contributed by atoms with Crippen molar-refractivity contribution in [3.8, 4) is 22.7 Å². The van der Waals surface area contributed by atoms with Crippen LogP contribution >= 0.6 is 0 Å². The molecule has 0 fully saturated rings. The molecule has 0 amide bonds. The molecule has 3 aromatic carbocycles. The van der Waals surface area contributed by atoms with E-state index in [2.05, 4.69) is 10.3 Å². The van der Waals surface area contributed by atoms with E-state index >= 15 is 0 Å². The zero-order valence-electron chi connectivity index (χ0n) is 14.7. The monoisotopic (exact) mass is 355 g/mol. The van der Waals surface area contributed by atoms with Gasteiger partial charge >= 0.3 is 5.97 Å². The van der Waals surface area contributed by atoms with E-state index in [1.54, 1.807) is 41.1 Å². The molecule has 1 heterocycles. The van der Waals surface area contributed by atoms with E-state index < -0.39 is 0 Å². The molecular weight excluding hydrogens is 338 g/mol. The lowest BCUT2D eigenvalue weighted by Crippen LogP contribution is -2.08. The number of nitrogens with zero attached hydrogens (tertiary/aromatic N) is 3. The number of aromatic nitrogens is 3. The first kappa shape index (κ1) is 16.7. The van der Waals surface area contributed by atoms with Gasteiger partial charge in [-0.2, -0.15) is 0 Å². The summed E-state index contributed by atoms with van der Waals surface area (Å²) >= 11 is 0. The Hall–Kier alpha value is -3.73. The molecule has 0 unspecified atom stereocenters. The first-order valence-corrected chi connectivity index (χ1v) is 8.58. The number of benzene rings is 3. The summed E-state index contributed by atoms with van der Waals surface area (Å²) < 4.78 is 7.18. The zero-order chi connectivity index (χ0) is 18.6. The van der Waals surface area contributed by atoms with E-state index in [-0.39, 0.29) is 5.97 Å². The average molecular weight is 355 g/mol. The van der Waals surface area contributed by atoms with Crippen LogP contribution in [0, 0.1) is 6.92 Å². The number of carbonyl (C=O) groups is 1. The van der Waals surface area contributed by atoms with Crippen molar-refractivity contribution in [1.82, 2.24) is 15.0 Å². The first-order valence-electron chi connectivity index (χ1n) is 8.58. The third-order valence-corrected chi connectivity index (χ3v) is 4.24. The minimum atomic E-state index is -0.383. The third kappa shape index (κ3) is 3.48. The molecule has 0 aliphatic carbocycles. The Balaban J connectivity index is 1.55. The lowest BCUT2D eigenvalue weighted by atomic mass is 10.1. The molecule has 0 aliphatic heterocycles. The van der Waals surface area contributed by atoms with Gasteiger partial charge in [0.25, 0.3) is 0 Å². The Morgan fingerprint density at radius 1 is 0.852 bits per heavy atom. The fourth-order valence-electron chi connectivity index (χ4n) is 2.83. The second-order valence-corrected chi connectivity index (χ2v) is 6.05. The Labute approximate surface area is 156 Å². The molecule has 1 aromatic heterocycles. The van der Waals surface area contributed by atoms with Gasteiger partial charge < -0.3 is 4.74 Å². The van der Waals surface area contributed by atoms with E-state index in [0.29, 0.717) is 11.3 Å². The fraction of sp³-hybridized carbons (Fsp3) is 0.0455. The van der Waals surface area contributed by atoms with E-state index in [1.807, 2.05) is 55.5 Å². The highest BCUT2D eigenvalue weighted by Gasteiger charge is 2.12. The largest absolute Gasteiger partial charge is 0.423 e. The van der Waals surface area contributed by atoms with Crippen molar-refractivity contribution >= 4 is 5.97 Å². The number of ether oxygens (including phenoxy) is 1. The summed E-state index contributed by atoms with van der Waals surface area (Å²) in [7, 11) is 0. The van der Waals surface area contributed by atoms with Crippen molar-refractivity contribution in [2.45, 2.75) is 6.92 Å². The fourth-order valence-corrected chi connectivity index (χ4v) is 2.83. The molecule has 4 aromatic rings. The highest BCUT2D eigenvalue weighted by molar-refractivity contribution is 5.90. The van der Waals surface area contributed by atoms with Crippen molar-refractivity contribution in [2.24, 2.45) is 0 Å². The molecule has 5 nitrogen and oxygen atoms in total. The van der Waals surface area contributed by atoms with Gasteiger partial charge in [-0.05, 0) is 43.3 Å². The van der Waals surface area contributed by atoms with Crippen molar-refractivity contribution in [2.75, 3.05) is 0 Å². The third-order valence-electron chi connectivity index (χ3n) is 4.24. The standard InChI is InChI=1S/C22H17N3O2/c1-16-21(17-8-4-2-5-9-17)23-24-25(16)19-12-14-20(15-13-19)27-22(26)18-10-6-3-7-11-18/h2-15H,1H3. The van der Waals surface area contributed by atoms with E-state index in [4.69, 9.17) is 4.74 Å². The van der Waals surface area contributed by atoms with Crippen LogP contribution in [0.3, 0.4) is 0 Å². The molecule has 0 N–H and O–H groups in total. The van der Waals surface area contributed by atoms with Gasteiger partial charge in [-0.15, -0.1) is 5.10 Å². The Bertz CT molecular complexity index is 1060. The first-order chi connectivity index (χ1) is 13.2. The highest BCUT2D eigenvalue weighted by atomic mass is 16.5. The van der Waals surface area contributed by atoms with Crippen LogP contribution in [0.2, 0.25) is 0 Å². The van der Waals surface area contributed by atoms with E-state index in [9.17, 15) is 4.79 Å². The quantitative estimate of drug-likeness (QED) is 0.400. The maximum absolute atomic E-state index is 12.1. The molecule has 0 atom stereocenters. The summed E-state index contributed by atoms with van der Waals surface area (Å²) in [6.45, 7) is 1.98. The van der Waals surface area contributed by atoms with Crippen LogP contribution in [0.1, 0.15) is 16.1 Å². The summed E-state index contributed by atoms with van der Waals surface area (Å²) in [6, 6.07) is 26.0. The van der Waals surface area contributed by atoms with Gasteiger partial charge in [0.05, 0.1) is 16.9 Å². The number of rotatable bonds is 4. The minimum Gasteiger partial charge on any atom is -0.423 e. The van der Waals surface area contributed by atoms with E-state index in [0.717, 1.165) is 22.6 Å². The highest BCUT2D eigenvalue weighted by Crippen LogP contribution is 2.23. The zero-order valence-corrected chi connectivity index (χ0v) is 14.7. The molecular formula is C22H17N3O2. The minimum absolute atomic E-state index is 0.383. The molecule has 0 saturated heterocycles. The van der Waals surface area contributed by atoms with Gasteiger partial charge in [-0.1, -0.05) is 53.7 Å². The molecule has 0 spiro atoms. The van der Waals surface area contributed by atoms with Crippen LogP contribution < -0.4 is 4.74 Å². The van der Waals surface area contributed by atoms with Crippen molar-refractivity contribution in [3.63, 3.8) is 0 Å².